The molecule has 1 aromatic carbocycles. The van der Waals surface area contributed by atoms with E-state index in [2.05, 4.69) is 22.0 Å². The van der Waals surface area contributed by atoms with Crippen LogP contribution in [0.1, 0.15) is 31.2 Å². The third-order valence-electron chi connectivity index (χ3n) is 4.81. The van der Waals surface area contributed by atoms with Crippen LogP contribution in [0.4, 0.5) is 0 Å². The van der Waals surface area contributed by atoms with Gasteiger partial charge in [-0.05, 0) is 42.8 Å². The van der Waals surface area contributed by atoms with Gasteiger partial charge in [0.05, 0.1) is 6.17 Å². The lowest BCUT2D eigenvalue weighted by molar-refractivity contribution is 0.174. The molecular weight excluding hydrogens is 298 g/mol. The maximum absolute atomic E-state index is 5.44. The summed E-state index contributed by atoms with van der Waals surface area (Å²) in [6.07, 6.45) is 5.30. The Balaban J connectivity index is 1.42. The van der Waals surface area contributed by atoms with Crippen LogP contribution in [0.25, 0.3) is 0 Å². The summed E-state index contributed by atoms with van der Waals surface area (Å²) in [4.78, 5) is 0. The van der Waals surface area contributed by atoms with Gasteiger partial charge in [-0.2, -0.15) is 0 Å². The number of hydrogen-bond acceptors (Lipinski definition) is 4. The molecule has 0 aromatic heterocycles. The Morgan fingerprint density at radius 3 is 2.95 bits per heavy atom. The Labute approximate surface area is 135 Å². The van der Waals surface area contributed by atoms with Gasteiger partial charge < -0.3 is 20.1 Å². The molecule has 3 atom stereocenters. The van der Waals surface area contributed by atoms with E-state index in [0.717, 1.165) is 23.2 Å². The van der Waals surface area contributed by atoms with Crippen LogP contribution in [-0.2, 0) is 6.54 Å². The predicted molar refractivity (Wildman–Crippen MR) is 87.8 cm³/mol. The zero-order valence-electron chi connectivity index (χ0n) is 12.4. The minimum Gasteiger partial charge on any atom is -0.454 e. The van der Waals surface area contributed by atoms with E-state index in [9.17, 15) is 0 Å². The van der Waals surface area contributed by atoms with Crippen LogP contribution < -0.4 is 25.4 Å². The molecule has 2 aliphatic heterocycles. The number of hydrogen-bond donors (Lipinski definition) is 3. The monoisotopic (exact) mass is 319 g/mol. The lowest BCUT2D eigenvalue weighted by Gasteiger charge is -2.43. The van der Waals surface area contributed by atoms with Crippen LogP contribution in [0.2, 0.25) is 0 Å². The first-order chi connectivity index (χ1) is 10.8. The first kappa shape index (κ1) is 14.1. The summed E-state index contributed by atoms with van der Waals surface area (Å²) in [6, 6.07) is 6.62. The molecule has 0 radical (unpaired) electrons. The Hall–Kier alpha value is -1.53. The van der Waals surface area contributed by atoms with E-state index in [4.69, 9.17) is 21.7 Å². The van der Waals surface area contributed by atoms with Gasteiger partial charge in [0, 0.05) is 18.5 Å². The van der Waals surface area contributed by atoms with E-state index in [0.29, 0.717) is 18.8 Å². The first-order valence-electron chi connectivity index (χ1n) is 7.98. The Morgan fingerprint density at radius 1 is 1.14 bits per heavy atom. The molecule has 2 heterocycles. The lowest BCUT2D eigenvalue weighted by atomic mass is 9.81. The van der Waals surface area contributed by atoms with Crippen molar-refractivity contribution >= 4 is 17.3 Å². The molecule has 0 spiro atoms. The fraction of sp³-hybridized carbons (Fsp3) is 0.562. The van der Waals surface area contributed by atoms with Crippen LogP contribution in [0.15, 0.2) is 18.2 Å². The van der Waals surface area contributed by atoms with Crippen molar-refractivity contribution < 1.29 is 9.47 Å². The van der Waals surface area contributed by atoms with E-state index in [-0.39, 0.29) is 6.17 Å². The van der Waals surface area contributed by atoms with Crippen LogP contribution in [0, 0.1) is 5.92 Å². The molecule has 5 nitrogen and oxygen atoms in total. The Kier molecular flexibility index (Phi) is 3.80. The molecule has 118 valence electrons. The van der Waals surface area contributed by atoms with E-state index < -0.39 is 0 Å². The van der Waals surface area contributed by atoms with Crippen molar-refractivity contribution in [3.8, 4) is 11.5 Å². The van der Waals surface area contributed by atoms with E-state index in [1.54, 1.807) is 0 Å². The quantitative estimate of drug-likeness (QED) is 0.740. The molecule has 2 fully saturated rings. The van der Waals surface area contributed by atoms with Crippen LogP contribution >= 0.6 is 12.2 Å². The van der Waals surface area contributed by atoms with Gasteiger partial charge in [-0.15, -0.1) is 0 Å². The molecule has 22 heavy (non-hydrogen) atoms. The van der Waals surface area contributed by atoms with Crippen molar-refractivity contribution in [1.29, 1.82) is 0 Å². The molecule has 6 heteroatoms. The maximum atomic E-state index is 5.44. The largest absolute Gasteiger partial charge is 0.454 e. The van der Waals surface area contributed by atoms with E-state index >= 15 is 0 Å². The Morgan fingerprint density at radius 2 is 2.00 bits per heavy atom. The molecule has 1 saturated carbocycles. The number of fused-ring (bicyclic) bond motifs is 2. The van der Waals surface area contributed by atoms with Gasteiger partial charge in [0.25, 0.3) is 0 Å². The summed E-state index contributed by atoms with van der Waals surface area (Å²) in [7, 11) is 0. The van der Waals surface area contributed by atoms with Crippen molar-refractivity contribution in [1.82, 2.24) is 16.0 Å². The van der Waals surface area contributed by atoms with Crippen molar-refractivity contribution in [3.05, 3.63) is 23.8 Å². The van der Waals surface area contributed by atoms with Crippen molar-refractivity contribution in [3.63, 3.8) is 0 Å². The minimum absolute atomic E-state index is 0.240. The highest BCUT2D eigenvalue weighted by Crippen LogP contribution is 2.33. The zero-order chi connectivity index (χ0) is 14.9. The van der Waals surface area contributed by atoms with E-state index in [1.165, 1.54) is 31.2 Å². The molecule has 1 aromatic rings. The maximum Gasteiger partial charge on any atom is 0.231 e. The van der Waals surface area contributed by atoms with Gasteiger partial charge in [-0.3, -0.25) is 5.32 Å². The molecule has 1 saturated heterocycles. The van der Waals surface area contributed by atoms with Crippen LogP contribution in [0.5, 0.6) is 11.5 Å². The molecule has 3 N–H and O–H groups in total. The summed E-state index contributed by atoms with van der Waals surface area (Å²) in [5.74, 6) is 2.26. The average molecular weight is 319 g/mol. The predicted octanol–water partition coefficient (Wildman–Crippen LogP) is 1.87. The van der Waals surface area contributed by atoms with Crippen molar-refractivity contribution in [2.45, 2.75) is 44.4 Å². The van der Waals surface area contributed by atoms with E-state index in [1.807, 2.05) is 12.1 Å². The lowest BCUT2D eigenvalue weighted by Crippen LogP contribution is -2.65. The van der Waals surface area contributed by atoms with Crippen LogP contribution in [0.3, 0.4) is 0 Å². The zero-order valence-corrected chi connectivity index (χ0v) is 13.2. The normalized spacial score (nSPS) is 29.5. The SMILES string of the molecule is S=C1NC2CCCCC2C(NCc2ccc3c(c2)OCO3)N1. The highest BCUT2D eigenvalue weighted by molar-refractivity contribution is 7.80. The summed E-state index contributed by atoms with van der Waals surface area (Å²) < 4.78 is 10.8. The number of thiocarbonyl (C=S) groups is 1. The van der Waals surface area contributed by atoms with Gasteiger partial charge in [0.2, 0.25) is 6.79 Å². The minimum atomic E-state index is 0.240. The highest BCUT2D eigenvalue weighted by Gasteiger charge is 2.36. The molecule has 0 amide bonds. The fourth-order valence-electron chi connectivity index (χ4n) is 3.68. The molecule has 4 rings (SSSR count). The summed E-state index contributed by atoms with van der Waals surface area (Å²) in [5, 5.41) is 11.2. The molecule has 0 bridgehead atoms. The average Bonchev–Trinajstić information content (AvgIpc) is 3.00. The second kappa shape index (κ2) is 5.93. The highest BCUT2D eigenvalue weighted by atomic mass is 32.1. The smallest absolute Gasteiger partial charge is 0.231 e. The second-order valence-electron chi connectivity index (χ2n) is 6.22. The van der Waals surface area contributed by atoms with Gasteiger partial charge in [0.1, 0.15) is 0 Å². The van der Waals surface area contributed by atoms with Gasteiger partial charge in [-0.1, -0.05) is 18.9 Å². The summed E-state index contributed by atoms with van der Waals surface area (Å²) in [5.41, 5.74) is 1.20. The van der Waals surface area contributed by atoms with Crippen molar-refractivity contribution in [2.75, 3.05) is 6.79 Å². The molecular formula is C16H21N3O2S. The van der Waals surface area contributed by atoms with Gasteiger partial charge >= 0.3 is 0 Å². The number of benzene rings is 1. The second-order valence-corrected chi connectivity index (χ2v) is 6.63. The summed E-state index contributed by atoms with van der Waals surface area (Å²) >= 11 is 5.35. The van der Waals surface area contributed by atoms with Crippen molar-refractivity contribution in [2.24, 2.45) is 5.92 Å². The standard InChI is InChI=1S/C16H21N3O2S/c22-16-18-12-4-2-1-3-11(12)15(19-16)17-8-10-5-6-13-14(7-10)21-9-20-13/h5-7,11-12,15,17H,1-4,8-9H2,(H2,18,19,22). The topological polar surface area (TPSA) is 54.5 Å². The first-order valence-corrected chi connectivity index (χ1v) is 8.39. The van der Waals surface area contributed by atoms with Crippen LogP contribution in [-0.4, -0.2) is 24.1 Å². The third-order valence-corrected chi connectivity index (χ3v) is 5.05. The molecule has 1 aliphatic carbocycles. The molecule has 3 aliphatic rings. The molecule has 3 unspecified atom stereocenters. The van der Waals surface area contributed by atoms with Gasteiger partial charge in [0.15, 0.2) is 16.6 Å². The summed E-state index contributed by atoms with van der Waals surface area (Å²) in [6.45, 7) is 1.11. The number of nitrogens with one attached hydrogen (secondary N) is 3. The number of ether oxygens (including phenoxy) is 2. The third kappa shape index (κ3) is 2.73. The Bertz CT molecular complexity index is 581. The number of rotatable bonds is 3. The van der Waals surface area contributed by atoms with Gasteiger partial charge in [-0.25, -0.2) is 0 Å². The fourth-order valence-corrected chi connectivity index (χ4v) is 3.96.